The molecule has 0 saturated carbocycles. The van der Waals surface area contributed by atoms with Gasteiger partial charge >= 0.3 is 0 Å². The largest absolute Gasteiger partial charge is 0.330 e. The number of nitro benzene ring substituents is 1. The maximum absolute atomic E-state index is 11.1. The van der Waals surface area contributed by atoms with E-state index in [2.05, 4.69) is 0 Å². The lowest BCUT2D eigenvalue weighted by molar-refractivity contribution is -0.383. The van der Waals surface area contributed by atoms with Crippen molar-refractivity contribution in [1.82, 2.24) is 0 Å². The van der Waals surface area contributed by atoms with Gasteiger partial charge in [0.15, 0.2) is 0 Å². The van der Waals surface area contributed by atoms with Gasteiger partial charge in [-0.15, -0.1) is 0 Å². The van der Waals surface area contributed by atoms with E-state index in [1.54, 1.807) is 6.07 Å². The van der Waals surface area contributed by atoms with Crippen LogP contribution < -0.4 is 11.5 Å². The highest BCUT2D eigenvalue weighted by molar-refractivity contribution is 5.92. The number of fused-ring (bicyclic) bond motifs is 1. The first-order valence-corrected chi connectivity index (χ1v) is 6.26. The fraction of sp³-hybridized carbons (Fsp3) is 0.286. The molecule has 0 amide bonds. The molecule has 0 aliphatic carbocycles. The summed E-state index contributed by atoms with van der Waals surface area (Å²) < 4.78 is 0. The Labute approximate surface area is 111 Å². The van der Waals surface area contributed by atoms with Gasteiger partial charge in [-0.25, -0.2) is 0 Å². The van der Waals surface area contributed by atoms with E-state index in [1.807, 2.05) is 18.2 Å². The normalized spacial score (nSPS) is 10.8. The van der Waals surface area contributed by atoms with E-state index in [-0.39, 0.29) is 10.6 Å². The van der Waals surface area contributed by atoms with Crippen molar-refractivity contribution >= 4 is 16.5 Å². The average molecular weight is 259 g/mol. The Bertz CT molecular complexity index is 611. The summed E-state index contributed by atoms with van der Waals surface area (Å²) in [7, 11) is 0. The van der Waals surface area contributed by atoms with Crippen LogP contribution in [0.4, 0.5) is 5.69 Å². The number of benzene rings is 2. The second-order valence-electron chi connectivity index (χ2n) is 4.45. The summed E-state index contributed by atoms with van der Waals surface area (Å²) in [6.07, 6.45) is 1.46. The number of rotatable bonds is 5. The third kappa shape index (κ3) is 2.72. The quantitative estimate of drug-likeness (QED) is 0.631. The van der Waals surface area contributed by atoms with Crippen molar-refractivity contribution in [3.8, 4) is 0 Å². The molecular weight excluding hydrogens is 242 g/mol. The molecular formula is C14H17N3O2. The van der Waals surface area contributed by atoms with Crippen LogP contribution in [0.2, 0.25) is 0 Å². The fourth-order valence-corrected chi connectivity index (χ4v) is 2.34. The molecule has 100 valence electrons. The van der Waals surface area contributed by atoms with Crippen LogP contribution in [0.25, 0.3) is 10.8 Å². The summed E-state index contributed by atoms with van der Waals surface area (Å²) in [6, 6.07) is 8.98. The molecule has 2 aromatic rings. The molecule has 0 atom stereocenters. The zero-order valence-corrected chi connectivity index (χ0v) is 10.6. The van der Waals surface area contributed by atoms with Crippen LogP contribution >= 0.6 is 0 Å². The van der Waals surface area contributed by atoms with Gasteiger partial charge in [0.1, 0.15) is 0 Å². The van der Waals surface area contributed by atoms with Crippen molar-refractivity contribution in [2.45, 2.75) is 12.8 Å². The fourth-order valence-electron chi connectivity index (χ4n) is 2.34. The van der Waals surface area contributed by atoms with Gasteiger partial charge in [-0.3, -0.25) is 10.1 Å². The van der Waals surface area contributed by atoms with Gasteiger partial charge in [0, 0.05) is 6.07 Å². The highest BCUT2D eigenvalue weighted by Gasteiger charge is 2.13. The minimum absolute atomic E-state index is 0.134. The van der Waals surface area contributed by atoms with Crippen LogP contribution in [0.15, 0.2) is 30.3 Å². The molecule has 0 radical (unpaired) electrons. The molecule has 0 saturated heterocycles. The molecule has 4 N–H and O–H groups in total. The van der Waals surface area contributed by atoms with Crippen LogP contribution in [0.5, 0.6) is 0 Å². The maximum Gasteiger partial charge on any atom is 0.277 e. The SMILES string of the molecule is NCCc1cc2cccc([N+](=O)[O-])c2cc1CCN. The van der Waals surface area contributed by atoms with Crippen molar-refractivity contribution in [2.24, 2.45) is 11.5 Å². The van der Waals surface area contributed by atoms with E-state index < -0.39 is 0 Å². The molecule has 0 unspecified atom stereocenters. The van der Waals surface area contributed by atoms with E-state index >= 15 is 0 Å². The predicted molar refractivity (Wildman–Crippen MR) is 76.1 cm³/mol. The number of hydrogen-bond donors (Lipinski definition) is 2. The molecule has 0 aliphatic rings. The Morgan fingerprint density at radius 3 is 2.26 bits per heavy atom. The summed E-state index contributed by atoms with van der Waals surface area (Å²) in [5.74, 6) is 0. The van der Waals surface area contributed by atoms with E-state index in [0.29, 0.717) is 24.9 Å². The van der Waals surface area contributed by atoms with Crippen molar-refractivity contribution in [3.63, 3.8) is 0 Å². The van der Waals surface area contributed by atoms with E-state index in [0.717, 1.165) is 22.9 Å². The van der Waals surface area contributed by atoms with Gasteiger partial charge in [-0.1, -0.05) is 18.2 Å². The van der Waals surface area contributed by atoms with Gasteiger partial charge in [0.25, 0.3) is 5.69 Å². The van der Waals surface area contributed by atoms with E-state index in [9.17, 15) is 10.1 Å². The standard InChI is InChI=1S/C14H17N3O2/c15-6-4-10-8-12-2-1-3-14(17(18)19)13(12)9-11(10)5-7-16/h1-3,8-9H,4-7,15-16H2. The van der Waals surface area contributed by atoms with Crippen LogP contribution in [0.1, 0.15) is 11.1 Å². The molecule has 19 heavy (non-hydrogen) atoms. The highest BCUT2D eigenvalue weighted by Crippen LogP contribution is 2.28. The van der Waals surface area contributed by atoms with Gasteiger partial charge < -0.3 is 11.5 Å². The van der Waals surface area contributed by atoms with Crippen molar-refractivity contribution in [2.75, 3.05) is 13.1 Å². The first kappa shape index (κ1) is 13.5. The molecule has 2 aromatic carbocycles. The Kier molecular flexibility index (Phi) is 4.09. The van der Waals surface area contributed by atoms with E-state index in [4.69, 9.17) is 11.5 Å². The van der Waals surface area contributed by atoms with Gasteiger partial charge in [0.2, 0.25) is 0 Å². The lowest BCUT2D eigenvalue weighted by Gasteiger charge is -2.10. The van der Waals surface area contributed by atoms with Gasteiger partial charge in [-0.05, 0) is 48.5 Å². The Balaban J connectivity index is 2.66. The third-order valence-electron chi connectivity index (χ3n) is 3.20. The summed E-state index contributed by atoms with van der Waals surface area (Å²) in [4.78, 5) is 10.7. The summed E-state index contributed by atoms with van der Waals surface area (Å²) in [6.45, 7) is 1.07. The molecule has 5 nitrogen and oxygen atoms in total. The molecule has 0 aliphatic heterocycles. The predicted octanol–water partition coefficient (Wildman–Crippen LogP) is 1.75. The van der Waals surface area contributed by atoms with Crippen molar-refractivity contribution in [1.29, 1.82) is 0 Å². The second kappa shape index (κ2) is 5.77. The van der Waals surface area contributed by atoms with Crippen LogP contribution in [-0.2, 0) is 12.8 Å². The minimum Gasteiger partial charge on any atom is -0.330 e. The lowest BCUT2D eigenvalue weighted by Crippen LogP contribution is -2.09. The van der Waals surface area contributed by atoms with E-state index in [1.165, 1.54) is 6.07 Å². The van der Waals surface area contributed by atoms with Gasteiger partial charge in [-0.2, -0.15) is 0 Å². The number of nitrogens with zero attached hydrogens (tertiary/aromatic N) is 1. The van der Waals surface area contributed by atoms with Crippen LogP contribution in [0.3, 0.4) is 0 Å². The average Bonchev–Trinajstić information content (AvgIpc) is 2.39. The number of hydrogen-bond acceptors (Lipinski definition) is 4. The third-order valence-corrected chi connectivity index (χ3v) is 3.20. The molecule has 0 bridgehead atoms. The molecule has 0 spiro atoms. The maximum atomic E-state index is 11.1. The monoisotopic (exact) mass is 259 g/mol. The molecule has 5 heteroatoms. The molecule has 0 heterocycles. The molecule has 2 rings (SSSR count). The smallest absolute Gasteiger partial charge is 0.277 e. The van der Waals surface area contributed by atoms with Crippen molar-refractivity contribution < 1.29 is 4.92 Å². The number of nitro groups is 1. The first-order valence-electron chi connectivity index (χ1n) is 6.26. The second-order valence-corrected chi connectivity index (χ2v) is 4.45. The zero-order valence-electron chi connectivity index (χ0n) is 10.6. The number of nitrogens with two attached hydrogens (primary N) is 2. The molecule has 0 aromatic heterocycles. The Morgan fingerprint density at radius 2 is 1.68 bits per heavy atom. The zero-order chi connectivity index (χ0) is 13.8. The molecule has 0 fully saturated rings. The van der Waals surface area contributed by atoms with Crippen LogP contribution in [-0.4, -0.2) is 18.0 Å². The minimum atomic E-state index is -0.350. The highest BCUT2D eigenvalue weighted by atomic mass is 16.6. The Hall–Kier alpha value is -1.98. The number of non-ortho nitro benzene ring substituents is 1. The lowest BCUT2D eigenvalue weighted by atomic mass is 9.96. The summed E-state index contributed by atoms with van der Waals surface area (Å²) in [5.41, 5.74) is 13.5. The first-order chi connectivity index (χ1) is 9.17. The van der Waals surface area contributed by atoms with Gasteiger partial charge in [0.05, 0.1) is 10.3 Å². The topological polar surface area (TPSA) is 95.2 Å². The Morgan fingerprint density at radius 1 is 1.05 bits per heavy atom. The summed E-state index contributed by atoms with van der Waals surface area (Å²) in [5, 5.41) is 12.6. The van der Waals surface area contributed by atoms with Crippen LogP contribution in [0, 0.1) is 10.1 Å². The van der Waals surface area contributed by atoms with Crippen molar-refractivity contribution in [3.05, 3.63) is 51.6 Å². The summed E-state index contributed by atoms with van der Waals surface area (Å²) >= 11 is 0.